The summed E-state index contributed by atoms with van der Waals surface area (Å²) >= 11 is 0. The van der Waals surface area contributed by atoms with Crippen molar-refractivity contribution >= 4 is 11.6 Å². The van der Waals surface area contributed by atoms with E-state index in [2.05, 4.69) is 6.07 Å². The molecule has 4 nitrogen and oxygen atoms in total. The number of carbonyl (C=O) groups is 1. The zero-order valence-electron chi connectivity index (χ0n) is 10.8. The van der Waals surface area contributed by atoms with Crippen LogP contribution in [0.2, 0.25) is 0 Å². The lowest BCUT2D eigenvalue weighted by atomic mass is 10.2. The van der Waals surface area contributed by atoms with Gasteiger partial charge in [0, 0.05) is 31.7 Å². The molecule has 1 heterocycles. The van der Waals surface area contributed by atoms with Gasteiger partial charge in [-0.3, -0.25) is 4.79 Å². The van der Waals surface area contributed by atoms with Gasteiger partial charge in [-0.15, -0.1) is 0 Å². The second kappa shape index (κ2) is 5.98. The SMILES string of the molecule is CN(CCO)CCC(=O)N1CCc2ccccc21. The van der Waals surface area contributed by atoms with Gasteiger partial charge in [0.2, 0.25) is 5.91 Å². The first-order chi connectivity index (χ1) is 8.72. The maximum atomic E-state index is 12.2. The largest absolute Gasteiger partial charge is 0.395 e. The van der Waals surface area contributed by atoms with Crippen molar-refractivity contribution in [2.24, 2.45) is 0 Å². The number of benzene rings is 1. The highest BCUT2D eigenvalue weighted by Crippen LogP contribution is 2.27. The molecule has 1 amide bonds. The number of carbonyl (C=O) groups excluding carboxylic acids is 1. The van der Waals surface area contributed by atoms with E-state index in [0.29, 0.717) is 19.5 Å². The second-order valence-corrected chi connectivity index (χ2v) is 4.70. The van der Waals surface area contributed by atoms with Crippen molar-refractivity contribution in [1.29, 1.82) is 0 Å². The van der Waals surface area contributed by atoms with Gasteiger partial charge in [0.15, 0.2) is 0 Å². The number of aliphatic hydroxyl groups is 1. The number of amides is 1. The Hall–Kier alpha value is -1.39. The molecule has 1 aliphatic rings. The third-order valence-corrected chi connectivity index (χ3v) is 3.38. The molecular weight excluding hydrogens is 228 g/mol. The molecule has 0 aromatic heterocycles. The summed E-state index contributed by atoms with van der Waals surface area (Å²) in [5, 5.41) is 8.81. The number of rotatable bonds is 5. The number of para-hydroxylation sites is 1. The molecule has 0 bridgehead atoms. The normalized spacial score (nSPS) is 14.1. The molecular formula is C14H20N2O2. The molecule has 0 unspecified atom stereocenters. The van der Waals surface area contributed by atoms with Gasteiger partial charge >= 0.3 is 0 Å². The molecule has 1 aliphatic heterocycles. The highest BCUT2D eigenvalue weighted by molar-refractivity contribution is 5.95. The zero-order valence-corrected chi connectivity index (χ0v) is 10.8. The number of hydrogen-bond acceptors (Lipinski definition) is 3. The average Bonchev–Trinajstić information content (AvgIpc) is 2.80. The second-order valence-electron chi connectivity index (χ2n) is 4.70. The molecule has 18 heavy (non-hydrogen) atoms. The Balaban J connectivity index is 1.91. The van der Waals surface area contributed by atoms with Gasteiger partial charge < -0.3 is 14.9 Å². The number of fused-ring (bicyclic) bond motifs is 1. The quantitative estimate of drug-likeness (QED) is 0.841. The van der Waals surface area contributed by atoms with Crippen molar-refractivity contribution in [3.05, 3.63) is 29.8 Å². The van der Waals surface area contributed by atoms with Crippen molar-refractivity contribution in [1.82, 2.24) is 4.90 Å². The minimum absolute atomic E-state index is 0.136. The third kappa shape index (κ3) is 2.89. The predicted octanol–water partition coefficient (Wildman–Crippen LogP) is 0.890. The maximum absolute atomic E-state index is 12.2. The van der Waals surface area contributed by atoms with Crippen LogP contribution in [0.4, 0.5) is 5.69 Å². The average molecular weight is 248 g/mol. The standard InChI is InChI=1S/C14H20N2O2/c1-15(10-11-17)8-7-14(18)16-9-6-12-4-2-3-5-13(12)16/h2-5,17H,6-11H2,1H3. The van der Waals surface area contributed by atoms with E-state index in [9.17, 15) is 4.79 Å². The summed E-state index contributed by atoms with van der Waals surface area (Å²) in [6.45, 7) is 2.24. The Morgan fingerprint density at radius 3 is 2.94 bits per heavy atom. The van der Waals surface area contributed by atoms with E-state index in [1.165, 1.54) is 5.56 Å². The number of nitrogens with zero attached hydrogens (tertiary/aromatic N) is 2. The van der Waals surface area contributed by atoms with Crippen LogP contribution in [0.3, 0.4) is 0 Å². The molecule has 1 aromatic rings. The van der Waals surface area contributed by atoms with Crippen LogP contribution in [0.25, 0.3) is 0 Å². The van der Waals surface area contributed by atoms with Crippen molar-refractivity contribution in [3.63, 3.8) is 0 Å². The molecule has 0 radical (unpaired) electrons. The van der Waals surface area contributed by atoms with E-state index < -0.39 is 0 Å². The van der Waals surface area contributed by atoms with E-state index >= 15 is 0 Å². The molecule has 4 heteroatoms. The minimum atomic E-state index is 0.136. The summed E-state index contributed by atoms with van der Waals surface area (Å²) < 4.78 is 0. The number of anilines is 1. The van der Waals surface area contributed by atoms with E-state index in [-0.39, 0.29) is 12.5 Å². The molecule has 0 spiro atoms. The van der Waals surface area contributed by atoms with Crippen LogP contribution in [0, 0.1) is 0 Å². The minimum Gasteiger partial charge on any atom is -0.395 e. The van der Waals surface area contributed by atoms with E-state index in [1.807, 2.05) is 35.0 Å². The topological polar surface area (TPSA) is 43.8 Å². The van der Waals surface area contributed by atoms with Crippen LogP contribution in [-0.4, -0.2) is 49.2 Å². The fraction of sp³-hybridized carbons (Fsp3) is 0.500. The molecule has 0 atom stereocenters. The smallest absolute Gasteiger partial charge is 0.228 e. The molecule has 0 aliphatic carbocycles. The van der Waals surface area contributed by atoms with Gasteiger partial charge in [-0.1, -0.05) is 18.2 Å². The molecule has 98 valence electrons. The molecule has 1 aromatic carbocycles. The van der Waals surface area contributed by atoms with Crippen molar-refractivity contribution in [2.45, 2.75) is 12.8 Å². The van der Waals surface area contributed by atoms with Crippen LogP contribution in [-0.2, 0) is 11.2 Å². The first-order valence-electron chi connectivity index (χ1n) is 6.40. The number of aliphatic hydroxyl groups excluding tert-OH is 1. The van der Waals surface area contributed by atoms with Gasteiger partial charge in [0.05, 0.1) is 6.61 Å². The predicted molar refractivity (Wildman–Crippen MR) is 71.7 cm³/mol. The van der Waals surface area contributed by atoms with E-state index in [4.69, 9.17) is 5.11 Å². The van der Waals surface area contributed by atoms with Gasteiger partial charge in [-0.25, -0.2) is 0 Å². The summed E-state index contributed by atoms with van der Waals surface area (Å²) in [6, 6.07) is 8.09. The maximum Gasteiger partial charge on any atom is 0.228 e. The van der Waals surface area contributed by atoms with Gasteiger partial charge in [-0.05, 0) is 25.1 Å². The van der Waals surface area contributed by atoms with Crippen LogP contribution in [0.15, 0.2) is 24.3 Å². The summed E-state index contributed by atoms with van der Waals surface area (Å²) in [5.41, 5.74) is 2.32. The van der Waals surface area contributed by atoms with Gasteiger partial charge in [0.1, 0.15) is 0 Å². The Kier molecular flexibility index (Phi) is 4.33. The summed E-state index contributed by atoms with van der Waals surface area (Å²) in [7, 11) is 1.92. The Labute approximate surface area is 108 Å². The lowest BCUT2D eigenvalue weighted by Gasteiger charge is -2.20. The number of hydrogen-bond donors (Lipinski definition) is 1. The van der Waals surface area contributed by atoms with Crippen molar-refractivity contribution in [3.8, 4) is 0 Å². The van der Waals surface area contributed by atoms with Crippen molar-refractivity contribution in [2.75, 3.05) is 38.2 Å². The van der Waals surface area contributed by atoms with Crippen molar-refractivity contribution < 1.29 is 9.90 Å². The zero-order chi connectivity index (χ0) is 13.0. The molecule has 1 N–H and O–H groups in total. The lowest BCUT2D eigenvalue weighted by molar-refractivity contribution is -0.118. The monoisotopic (exact) mass is 248 g/mol. The first-order valence-corrected chi connectivity index (χ1v) is 6.40. The van der Waals surface area contributed by atoms with Gasteiger partial charge in [0.25, 0.3) is 0 Å². The highest BCUT2D eigenvalue weighted by atomic mass is 16.3. The van der Waals surface area contributed by atoms with Gasteiger partial charge in [-0.2, -0.15) is 0 Å². The molecule has 0 fully saturated rings. The first kappa shape index (κ1) is 13.1. The Morgan fingerprint density at radius 2 is 2.17 bits per heavy atom. The Bertz CT molecular complexity index is 420. The summed E-state index contributed by atoms with van der Waals surface area (Å²) in [4.78, 5) is 16.0. The lowest BCUT2D eigenvalue weighted by Crippen LogP contribution is -2.33. The van der Waals surface area contributed by atoms with E-state index in [1.54, 1.807) is 0 Å². The van der Waals surface area contributed by atoms with E-state index in [0.717, 1.165) is 18.7 Å². The van der Waals surface area contributed by atoms with Crippen LogP contribution < -0.4 is 4.90 Å². The van der Waals surface area contributed by atoms with Crippen LogP contribution in [0.1, 0.15) is 12.0 Å². The molecule has 0 saturated heterocycles. The Morgan fingerprint density at radius 1 is 1.39 bits per heavy atom. The molecule has 2 rings (SSSR count). The molecule has 0 saturated carbocycles. The summed E-state index contributed by atoms with van der Waals surface area (Å²) in [5.74, 6) is 0.171. The van der Waals surface area contributed by atoms with Crippen LogP contribution in [0.5, 0.6) is 0 Å². The number of likely N-dealkylation sites (N-methyl/N-ethyl adjacent to an activating group) is 1. The highest BCUT2D eigenvalue weighted by Gasteiger charge is 2.23. The fourth-order valence-electron chi connectivity index (χ4n) is 2.30. The summed E-state index contributed by atoms with van der Waals surface area (Å²) in [6.07, 6.45) is 1.46. The third-order valence-electron chi connectivity index (χ3n) is 3.38. The fourth-order valence-corrected chi connectivity index (χ4v) is 2.30. The van der Waals surface area contributed by atoms with Crippen LogP contribution >= 0.6 is 0 Å².